The fourth-order valence-electron chi connectivity index (χ4n) is 2.44. The molecule has 0 aliphatic carbocycles. The van der Waals surface area contributed by atoms with Crippen LogP contribution in [0.25, 0.3) is 0 Å². The Hall–Kier alpha value is -0.425. The smallest absolute Gasteiger partial charge is 0.480 e. The van der Waals surface area contributed by atoms with Crippen molar-refractivity contribution in [3.05, 3.63) is 0 Å². The average Bonchev–Trinajstić information content (AvgIpc) is 2.45. The quantitative estimate of drug-likeness (QED) is 0.380. The maximum Gasteiger partial charge on any atom is 3.00 e. The summed E-state index contributed by atoms with van der Waals surface area (Å²) >= 11 is 0. The van der Waals surface area contributed by atoms with Crippen molar-refractivity contribution >= 4 is 17.9 Å². The van der Waals surface area contributed by atoms with Crippen molar-refractivity contribution in [2.45, 2.75) is 0 Å². The summed E-state index contributed by atoms with van der Waals surface area (Å²) in [4.78, 5) is 37.9. The summed E-state index contributed by atoms with van der Waals surface area (Å²) in [5.74, 6) is -2.86. The molecule has 0 saturated carbocycles. The second-order valence-electron chi connectivity index (χ2n) is 5.62. The van der Waals surface area contributed by atoms with Gasteiger partial charge in [-0.05, 0) is 0 Å². The van der Waals surface area contributed by atoms with Crippen LogP contribution in [0.5, 0.6) is 0 Å². The van der Waals surface area contributed by atoms with Gasteiger partial charge in [-0.1, -0.05) is 0 Å². The first-order chi connectivity index (χ1) is 11.4. The van der Waals surface area contributed by atoms with Gasteiger partial charge in [0.1, 0.15) is 0 Å². The molecule has 25 heavy (non-hydrogen) atoms. The van der Waals surface area contributed by atoms with Gasteiger partial charge in [-0.2, -0.15) is 0 Å². The molecular weight excluding hydrogens is 479 g/mol. The first-order valence-corrected chi connectivity index (χ1v) is 7.77. The zero-order valence-corrected chi connectivity index (χ0v) is 16.2. The molecule has 143 valence electrons. The summed E-state index contributed by atoms with van der Waals surface area (Å²) in [6.07, 6.45) is 0. The molecule has 0 amide bonds. The normalized spacial score (nSPS) is 19.2. The van der Waals surface area contributed by atoms with Crippen LogP contribution in [0.2, 0.25) is 0 Å². The number of hydrogen-bond acceptors (Lipinski definition) is 7. The Labute approximate surface area is 178 Å². The van der Waals surface area contributed by atoms with Crippen molar-refractivity contribution in [3.8, 4) is 0 Å². The van der Waals surface area contributed by atoms with Gasteiger partial charge in [0.05, 0.1) is 32.8 Å². The van der Waals surface area contributed by atoms with Gasteiger partial charge >= 0.3 is 57.8 Å². The molecule has 1 heterocycles. The topological polar surface area (TPSA) is 131 Å². The van der Waals surface area contributed by atoms with Gasteiger partial charge in [0.25, 0.3) is 0 Å². The molecule has 0 aromatic carbocycles. The van der Waals surface area contributed by atoms with Crippen molar-refractivity contribution in [2.75, 3.05) is 72.1 Å². The molecule has 1 radical (unpaired) electrons. The van der Waals surface area contributed by atoms with E-state index in [9.17, 15) is 14.4 Å². The predicted octanol–water partition coefficient (Wildman–Crippen LogP) is -1.82. The molecule has 1 rings (SSSR count). The van der Waals surface area contributed by atoms with Crippen LogP contribution in [0.3, 0.4) is 0 Å². The van der Waals surface area contributed by atoms with Crippen molar-refractivity contribution in [3.63, 3.8) is 0 Å². The maximum absolute atomic E-state index is 11.0. The predicted molar refractivity (Wildman–Crippen MR) is 83.0 cm³/mol. The molecule has 1 aliphatic heterocycles. The zero-order chi connectivity index (χ0) is 17.9. The number of carbonyl (C=O) groups is 3. The van der Waals surface area contributed by atoms with Gasteiger partial charge in [-0.25, -0.2) is 0 Å². The number of hydrogen-bond donors (Lipinski definition) is 3. The summed E-state index contributed by atoms with van der Waals surface area (Å²) in [5.41, 5.74) is 0. The Morgan fingerprint density at radius 2 is 0.920 bits per heavy atom. The minimum Gasteiger partial charge on any atom is -0.480 e. The molecule has 10 nitrogen and oxygen atoms in total. The third-order valence-electron chi connectivity index (χ3n) is 3.65. The molecule has 0 bridgehead atoms. The molecule has 1 saturated heterocycles. The molecule has 0 spiro atoms. The van der Waals surface area contributed by atoms with E-state index in [0.717, 1.165) is 0 Å². The number of carboxylic acids is 3. The second-order valence-corrected chi connectivity index (χ2v) is 5.62. The molecule has 1 aliphatic rings. The Kier molecular flexibility index (Phi) is 13.5. The van der Waals surface area contributed by atoms with E-state index in [-0.39, 0.29) is 59.6 Å². The summed E-state index contributed by atoms with van der Waals surface area (Å²) in [7, 11) is 0. The second kappa shape index (κ2) is 13.7. The number of carboxylic acid groups (broad SMARTS) is 3. The minimum atomic E-state index is -0.972. The molecule has 0 aromatic rings. The Balaban J connectivity index is 0.00000576. The number of ether oxygens (including phenoxy) is 1. The van der Waals surface area contributed by atoms with Gasteiger partial charge < -0.3 is 20.1 Å². The summed E-state index contributed by atoms with van der Waals surface area (Å²) in [5, 5.41) is 26.9. The maximum atomic E-state index is 11.0. The van der Waals surface area contributed by atoms with Crippen LogP contribution in [0.1, 0.15) is 0 Å². The zero-order valence-electron chi connectivity index (χ0n) is 13.9. The molecule has 0 aromatic heterocycles. The minimum absolute atomic E-state index is 0. The Morgan fingerprint density at radius 3 is 1.20 bits per heavy atom. The van der Waals surface area contributed by atoms with Crippen LogP contribution >= 0.6 is 0 Å². The molecular formula is C14H25GdN3O7+3. The molecule has 0 unspecified atom stereocenters. The summed E-state index contributed by atoms with van der Waals surface area (Å²) in [6.45, 7) is 2.69. The molecule has 0 atom stereocenters. The van der Waals surface area contributed by atoms with Crippen LogP contribution in [-0.2, 0) is 19.1 Å². The van der Waals surface area contributed by atoms with E-state index in [0.29, 0.717) is 52.5 Å². The number of aliphatic carboxylic acids is 3. The van der Waals surface area contributed by atoms with E-state index in [2.05, 4.69) is 0 Å². The van der Waals surface area contributed by atoms with Crippen molar-refractivity contribution in [1.82, 2.24) is 14.7 Å². The SMILES string of the molecule is O=C(O)CN1CCOCCN(CC(=O)O)CCN(CC(=O)O)CC1.[Gd+3]. The third-order valence-corrected chi connectivity index (χ3v) is 3.65. The fraction of sp³-hybridized carbons (Fsp3) is 0.786. The van der Waals surface area contributed by atoms with E-state index in [4.69, 9.17) is 20.1 Å². The van der Waals surface area contributed by atoms with Gasteiger partial charge in [0.2, 0.25) is 0 Å². The van der Waals surface area contributed by atoms with Gasteiger partial charge in [0.15, 0.2) is 0 Å². The van der Waals surface area contributed by atoms with Gasteiger partial charge in [-0.3, -0.25) is 29.1 Å². The van der Waals surface area contributed by atoms with Crippen LogP contribution in [0.15, 0.2) is 0 Å². The van der Waals surface area contributed by atoms with Crippen LogP contribution in [0, 0.1) is 39.9 Å². The summed E-state index contributed by atoms with van der Waals surface area (Å²) < 4.78 is 5.44. The van der Waals surface area contributed by atoms with E-state index in [1.54, 1.807) is 14.7 Å². The van der Waals surface area contributed by atoms with E-state index in [1.165, 1.54) is 0 Å². The molecule has 3 N–H and O–H groups in total. The van der Waals surface area contributed by atoms with E-state index in [1.807, 2.05) is 0 Å². The van der Waals surface area contributed by atoms with E-state index < -0.39 is 17.9 Å². The molecule has 11 heteroatoms. The van der Waals surface area contributed by atoms with E-state index >= 15 is 0 Å². The Morgan fingerprint density at radius 1 is 0.640 bits per heavy atom. The summed E-state index contributed by atoms with van der Waals surface area (Å²) in [6, 6.07) is 0. The van der Waals surface area contributed by atoms with Gasteiger partial charge in [-0.15, -0.1) is 0 Å². The first-order valence-electron chi connectivity index (χ1n) is 7.77. The fourth-order valence-corrected chi connectivity index (χ4v) is 2.44. The van der Waals surface area contributed by atoms with Crippen LogP contribution < -0.4 is 0 Å². The van der Waals surface area contributed by atoms with Crippen molar-refractivity contribution < 1.29 is 74.4 Å². The van der Waals surface area contributed by atoms with Crippen molar-refractivity contribution in [1.29, 1.82) is 0 Å². The monoisotopic (exact) mass is 505 g/mol. The average molecular weight is 505 g/mol. The first kappa shape index (κ1) is 24.6. The van der Waals surface area contributed by atoms with Crippen LogP contribution in [-0.4, -0.2) is 120 Å². The third kappa shape index (κ3) is 12.5. The standard InChI is InChI=1S/C14H25N3O7.Gd/c18-12(19)9-15-1-3-16(10-13(20)21)5-7-24-8-6-17(4-2-15)11-14(22)23;/h1-11H2,(H,18,19)(H,20,21)(H,22,23);/q;+3. The number of rotatable bonds is 6. The van der Waals surface area contributed by atoms with Crippen LogP contribution in [0.4, 0.5) is 0 Å². The van der Waals surface area contributed by atoms with Gasteiger partial charge in [0, 0.05) is 39.3 Å². The molecule has 1 fully saturated rings. The largest absolute Gasteiger partial charge is 3.00 e. The van der Waals surface area contributed by atoms with Crippen molar-refractivity contribution in [2.24, 2.45) is 0 Å². The Bertz CT molecular complexity index is 409. The number of nitrogens with zero attached hydrogens (tertiary/aromatic N) is 3.